The van der Waals surface area contributed by atoms with E-state index in [0.29, 0.717) is 0 Å². The molecule has 0 amide bonds. The van der Waals surface area contributed by atoms with Crippen LogP contribution in [0, 0.1) is 0 Å². The molecule has 3 rings (SSSR count). The van der Waals surface area contributed by atoms with Gasteiger partial charge in [-0.05, 0) is 31.0 Å². The molecule has 0 radical (unpaired) electrons. The fourth-order valence-corrected chi connectivity index (χ4v) is 2.50. The monoisotopic (exact) mass is 216 g/mol. The lowest BCUT2D eigenvalue weighted by molar-refractivity contribution is 0.159. The second-order valence-corrected chi connectivity index (χ2v) is 4.48. The third-order valence-electron chi connectivity index (χ3n) is 3.43. The smallest absolute Gasteiger partial charge is 0.0708 e. The minimum absolute atomic E-state index is 0.200. The van der Waals surface area contributed by atoms with Crippen LogP contribution >= 0.6 is 0 Å². The first-order valence-corrected chi connectivity index (χ1v) is 5.81. The molecule has 1 unspecified atom stereocenters. The van der Waals surface area contributed by atoms with Crippen molar-refractivity contribution in [2.24, 2.45) is 0 Å². The number of rotatable bonds is 2. The molecule has 0 spiro atoms. The summed E-state index contributed by atoms with van der Waals surface area (Å²) in [5, 5.41) is 14.4. The van der Waals surface area contributed by atoms with Crippen LogP contribution in [0.5, 0.6) is 0 Å². The first-order valence-electron chi connectivity index (χ1n) is 5.81. The molecule has 0 aliphatic carbocycles. The van der Waals surface area contributed by atoms with Gasteiger partial charge >= 0.3 is 0 Å². The van der Waals surface area contributed by atoms with Crippen LogP contribution < -0.4 is 5.32 Å². The average Bonchev–Trinajstić information content (AvgIpc) is 2.88. The van der Waals surface area contributed by atoms with Gasteiger partial charge in [0.25, 0.3) is 0 Å². The lowest BCUT2D eigenvalue weighted by Gasteiger charge is -2.13. The predicted octanol–water partition coefficient (Wildman–Crippen LogP) is 1.43. The van der Waals surface area contributed by atoms with Crippen LogP contribution in [0.1, 0.15) is 12.0 Å². The van der Waals surface area contributed by atoms with Gasteiger partial charge in [-0.1, -0.05) is 18.2 Å². The first kappa shape index (κ1) is 9.87. The summed E-state index contributed by atoms with van der Waals surface area (Å²) in [7, 11) is 0. The number of aromatic nitrogens is 1. The van der Waals surface area contributed by atoms with Gasteiger partial charge in [-0.2, -0.15) is 0 Å². The predicted molar refractivity (Wildman–Crippen MR) is 64.4 cm³/mol. The normalized spacial score (nSPS) is 25.3. The summed E-state index contributed by atoms with van der Waals surface area (Å²) in [5.41, 5.74) is 2.46. The van der Waals surface area contributed by atoms with Crippen LogP contribution in [-0.2, 0) is 6.42 Å². The molecule has 1 fully saturated rings. The molecular weight excluding hydrogens is 200 g/mol. The second-order valence-electron chi connectivity index (χ2n) is 4.48. The number of para-hydroxylation sites is 1. The lowest BCUT2D eigenvalue weighted by atomic mass is 10.0. The zero-order valence-corrected chi connectivity index (χ0v) is 9.11. The summed E-state index contributed by atoms with van der Waals surface area (Å²) < 4.78 is 0. The highest BCUT2D eigenvalue weighted by atomic mass is 16.3. The van der Waals surface area contributed by atoms with Crippen molar-refractivity contribution >= 4 is 10.9 Å². The Morgan fingerprint density at radius 3 is 3.00 bits per heavy atom. The largest absolute Gasteiger partial charge is 0.391 e. The molecule has 0 saturated carbocycles. The highest BCUT2D eigenvalue weighted by Crippen LogP contribution is 2.21. The Bertz CT molecular complexity index is 491. The number of nitrogens with one attached hydrogen (secondary N) is 2. The van der Waals surface area contributed by atoms with E-state index in [9.17, 15) is 5.11 Å². The van der Waals surface area contributed by atoms with E-state index in [1.807, 2.05) is 6.07 Å². The van der Waals surface area contributed by atoms with E-state index in [-0.39, 0.29) is 12.1 Å². The average molecular weight is 216 g/mol. The van der Waals surface area contributed by atoms with Crippen LogP contribution in [0.25, 0.3) is 10.9 Å². The molecular formula is C13H16N2O. The van der Waals surface area contributed by atoms with Gasteiger partial charge in [0.05, 0.1) is 6.10 Å². The quantitative estimate of drug-likeness (QED) is 0.711. The van der Waals surface area contributed by atoms with Crippen molar-refractivity contribution in [2.75, 3.05) is 6.54 Å². The molecule has 2 atom stereocenters. The number of aliphatic hydroxyl groups excluding tert-OH is 1. The van der Waals surface area contributed by atoms with Gasteiger partial charge in [0.1, 0.15) is 0 Å². The van der Waals surface area contributed by atoms with E-state index in [1.54, 1.807) is 0 Å². The second kappa shape index (κ2) is 3.92. The van der Waals surface area contributed by atoms with Crippen molar-refractivity contribution in [2.45, 2.75) is 25.0 Å². The molecule has 3 heteroatoms. The molecule has 3 N–H and O–H groups in total. The third-order valence-corrected chi connectivity index (χ3v) is 3.43. The minimum Gasteiger partial charge on any atom is -0.391 e. The molecule has 3 nitrogen and oxygen atoms in total. The number of aliphatic hydroxyl groups is 1. The van der Waals surface area contributed by atoms with Crippen LogP contribution in [0.4, 0.5) is 0 Å². The number of benzene rings is 1. The number of hydrogen-bond acceptors (Lipinski definition) is 2. The maximum Gasteiger partial charge on any atom is 0.0708 e. The van der Waals surface area contributed by atoms with Crippen molar-refractivity contribution < 1.29 is 5.11 Å². The van der Waals surface area contributed by atoms with Crippen LogP contribution in [-0.4, -0.2) is 28.8 Å². The van der Waals surface area contributed by atoms with Gasteiger partial charge in [0, 0.05) is 23.1 Å². The minimum atomic E-state index is -0.200. The molecule has 84 valence electrons. The van der Waals surface area contributed by atoms with E-state index in [0.717, 1.165) is 19.4 Å². The summed E-state index contributed by atoms with van der Waals surface area (Å²) >= 11 is 0. The highest BCUT2D eigenvalue weighted by molar-refractivity contribution is 5.83. The van der Waals surface area contributed by atoms with Crippen molar-refractivity contribution in [1.29, 1.82) is 0 Å². The molecule has 0 bridgehead atoms. The standard InChI is InChI=1S/C13H16N2O/c16-13-5-6-14-12(13)7-9-8-15-11-4-2-1-3-10(9)11/h1-4,8,12-16H,5-7H2/t12-,13?/m0/s1. The van der Waals surface area contributed by atoms with Crippen molar-refractivity contribution in [3.05, 3.63) is 36.0 Å². The molecule has 1 aliphatic rings. The van der Waals surface area contributed by atoms with Crippen LogP contribution in [0.3, 0.4) is 0 Å². The summed E-state index contributed by atoms with van der Waals surface area (Å²) in [6, 6.07) is 8.50. The molecule has 1 aromatic heterocycles. The topological polar surface area (TPSA) is 48.0 Å². The SMILES string of the molecule is OC1CCN[C@H]1Cc1c[nH]c2ccccc12. The Labute approximate surface area is 94.5 Å². The zero-order valence-electron chi connectivity index (χ0n) is 9.11. The zero-order chi connectivity index (χ0) is 11.0. The summed E-state index contributed by atoms with van der Waals surface area (Å²) in [5.74, 6) is 0. The first-order chi connectivity index (χ1) is 7.84. The summed E-state index contributed by atoms with van der Waals surface area (Å²) in [6.45, 7) is 0.925. The Morgan fingerprint density at radius 2 is 2.19 bits per heavy atom. The molecule has 16 heavy (non-hydrogen) atoms. The molecule has 1 saturated heterocycles. The lowest BCUT2D eigenvalue weighted by Crippen LogP contribution is -2.32. The van der Waals surface area contributed by atoms with Gasteiger partial charge in [-0.25, -0.2) is 0 Å². The van der Waals surface area contributed by atoms with Crippen LogP contribution in [0.15, 0.2) is 30.5 Å². The van der Waals surface area contributed by atoms with E-state index < -0.39 is 0 Å². The Hall–Kier alpha value is -1.32. The number of fused-ring (bicyclic) bond motifs is 1. The number of aromatic amines is 1. The molecule has 2 heterocycles. The molecule has 1 aromatic carbocycles. The van der Waals surface area contributed by atoms with Crippen molar-refractivity contribution in [3.63, 3.8) is 0 Å². The Kier molecular flexibility index (Phi) is 2.42. The fourth-order valence-electron chi connectivity index (χ4n) is 2.50. The molecule has 1 aliphatic heterocycles. The van der Waals surface area contributed by atoms with Crippen molar-refractivity contribution in [3.8, 4) is 0 Å². The summed E-state index contributed by atoms with van der Waals surface area (Å²) in [6.07, 6.45) is 3.61. The Morgan fingerprint density at radius 1 is 1.31 bits per heavy atom. The van der Waals surface area contributed by atoms with E-state index in [4.69, 9.17) is 0 Å². The van der Waals surface area contributed by atoms with Crippen LogP contribution in [0.2, 0.25) is 0 Å². The van der Waals surface area contributed by atoms with Gasteiger partial charge in [0.15, 0.2) is 0 Å². The van der Waals surface area contributed by atoms with E-state index in [1.165, 1.54) is 16.5 Å². The Balaban J connectivity index is 1.89. The maximum absolute atomic E-state index is 9.79. The van der Waals surface area contributed by atoms with Gasteiger partial charge in [-0.15, -0.1) is 0 Å². The molecule has 2 aromatic rings. The maximum atomic E-state index is 9.79. The van der Waals surface area contributed by atoms with E-state index in [2.05, 4.69) is 34.7 Å². The van der Waals surface area contributed by atoms with Gasteiger partial charge in [0.2, 0.25) is 0 Å². The third kappa shape index (κ3) is 1.62. The van der Waals surface area contributed by atoms with Gasteiger partial charge in [-0.3, -0.25) is 0 Å². The highest BCUT2D eigenvalue weighted by Gasteiger charge is 2.25. The number of H-pyrrole nitrogens is 1. The fraction of sp³-hybridized carbons (Fsp3) is 0.385. The van der Waals surface area contributed by atoms with E-state index >= 15 is 0 Å². The summed E-state index contributed by atoms with van der Waals surface area (Å²) in [4.78, 5) is 3.27. The number of hydrogen-bond donors (Lipinski definition) is 3. The van der Waals surface area contributed by atoms with Crippen molar-refractivity contribution in [1.82, 2.24) is 10.3 Å². The van der Waals surface area contributed by atoms with Gasteiger partial charge < -0.3 is 15.4 Å².